The van der Waals surface area contributed by atoms with Crippen molar-refractivity contribution in [3.05, 3.63) is 59.9 Å². The van der Waals surface area contributed by atoms with E-state index >= 15 is 0 Å². The number of ether oxygens (including phenoxy) is 1. The van der Waals surface area contributed by atoms with E-state index in [-0.39, 0.29) is 18.3 Å². The van der Waals surface area contributed by atoms with Crippen molar-refractivity contribution in [2.45, 2.75) is 26.5 Å². The van der Waals surface area contributed by atoms with Crippen LogP contribution in [0.4, 0.5) is 10.1 Å². The van der Waals surface area contributed by atoms with Gasteiger partial charge < -0.3 is 15.4 Å². The van der Waals surface area contributed by atoms with E-state index < -0.39 is 11.9 Å². The summed E-state index contributed by atoms with van der Waals surface area (Å²) >= 11 is 0. The lowest BCUT2D eigenvalue weighted by Gasteiger charge is -2.16. The van der Waals surface area contributed by atoms with Crippen LogP contribution in [-0.2, 0) is 11.3 Å². The third-order valence-corrected chi connectivity index (χ3v) is 3.32. The molecule has 0 aliphatic rings. The first-order valence-corrected chi connectivity index (χ1v) is 7.62. The zero-order valence-corrected chi connectivity index (χ0v) is 14.5. The van der Waals surface area contributed by atoms with Gasteiger partial charge in [0.25, 0.3) is 5.91 Å². The standard InChI is InChI=1S/C18H21FN2O2.ClH/c1-3-20-12-14-7-4-5-10-17(14)21-18(22)13(2)23-16-9-6-8-15(19)11-16;/h4-11,13,20H,3,12H2,1-2H3,(H,21,22);1H. The number of hydrogen-bond acceptors (Lipinski definition) is 3. The second-order valence-corrected chi connectivity index (χ2v) is 5.14. The number of hydrogen-bond donors (Lipinski definition) is 2. The molecule has 0 saturated carbocycles. The van der Waals surface area contributed by atoms with E-state index in [9.17, 15) is 9.18 Å². The van der Waals surface area contributed by atoms with Crippen molar-refractivity contribution in [2.75, 3.05) is 11.9 Å². The van der Waals surface area contributed by atoms with Crippen molar-refractivity contribution in [3.63, 3.8) is 0 Å². The second kappa shape index (κ2) is 9.90. The Morgan fingerprint density at radius 1 is 1.21 bits per heavy atom. The van der Waals surface area contributed by atoms with Crippen LogP contribution in [0.1, 0.15) is 19.4 Å². The molecule has 0 aliphatic heterocycles. The Hall–Kier alpha value is -2.11. The highest BCUT2D eigenvalue weighted by Crippen LogP contribution is 2.17. The fourth-order valence-corrected chi connectivity index (χ4v) is 2.09. The number of nitrogens with one attached hydrogen (secondary N) is 2. The van der Waals surface area contributed by atoms with Gasteiger partial charge in [0.2, 0.25) is 0 Å². The maximum Gasteiger partial charge on any atom is 0.265 e. The molecule has 2 aromatic carbocycles. The minimum atomic E-state index is -0.732. The summed E-state index contributed by atoms with van der Waals surface area (Å²) < 4.78 is 18.6. The molecule has 2 N–H and O–H groups in total. The lowest BCUT2D eigenvalue weighted by molar-refractivity contribution is -0.122. The summed E-state index contributed by atoms with van der Waals surface area (Å²) in [5, 5.41) is 6.09. The molecule has 6 heteroatoms. The van der Waals surface area contributed by atoms with Crippen LogP contribution in [0.5, 0.6) is 5.75 Å². The summed E-state index contributed by atoms with van der Waals surface area (Å²) in [7, 11) is 0. The number of carbonyl (C=O) groups excluding carboxylic acids is 1. The van der Waals surface area contributed by atoms with E-state index in [1.54, 1.807) is 19.1 Å². The molecule has 1 amide bonds. The van der Waals surface area contributed by atoms with Gasteiger partial charge in [0.15, 0.2) is 6.10 Å². The number of anilines is 1. The summed E-state index contributed by atoms with van der Waals surface area (Å²) in [5.74, 6) is -0.349. The second-order valence-electron chi connectivity index (χ2n) is 5.14. The molecular weight excluding hydrogens is 331 g/mol. The topological polar surface area (TPSA) is 50.4 Å². The third kappa shape index (κ3) is 5.83. The van der Waals surface area contributed by atoms with Crippen molar-refractivity contribution in [3.8, 4) is 5.75 Å². The lowest BCUT2D eigenvalue weighted by atomic mass is 10.1. The van der Waals surface area contributed by atoms with Crippen LogP contribution in [0, 0.1) is 5.82 Å². The van der Waals surface area contributed by atoms with Crippen LogP contribution in [0.2, 0.25) is 0 Å². The zero-order valence-electron chi connectivity index (χ0n) is 13.7. The lowest BCUT2D eigenvalue weighted by Crippen LogP contribution is -2.30. The molecule has 1 unspecified atom stereocenters. The van der Waals surface area contributed by atoms with Crippen LogP contribution >= 0.6 is 12.4 Å². The fraction of sp³-hybridized carbons (Fsp3) is 0.278. The summed E-state index contributed by atoms with van der Waals surface area (Å²) in [4.78, 5) is 12.3. The van der Waals surface area contributed by atoms with Crippen LogP contribution < -0.4 is 15.4 Å². The molecule has 2 rings (SSSR count). The highest BCUT2D eigenvalue weighted by Gasteiger charge is 2.16. The number of carbonyl (C=O) groups is 1. The minimum absolute atomic E-state index is 0. The molecule has 1 atom stereocenters. The molecule has 2 aromatic rings. The van der Waals surface area contributed by atoms with Crippen molar-refractivity contribution < 1.29 is 13.9 Å². The zero-order chi connectivity index (χ0) is 16.7. The molecule has 0 radical (unpaired) electrons. The predicted molar refractivity (Wildman–Crippen MR) is 96.2 cm³/mol. The molecule has 130 valence electrons. The Kier molecular flexibility index (Phi) is 8.22. The maximum absolute atomic E-state index is 13.1. The van der Waals surface area contributed by atoms with Gasteiger partial charge in [0.1, 0.15) is 11.6 Å². The van der Waals surface area contributed by atoms with E-state index in [0.717, 1.165) is 17.8 Å². The van der Waals surface area contributed by atoms with E-state index in [2.05, 4.69) is 10.6 Å². The molecule has 0 saturated heterocycles. The van der Waals surface area contributed by atoms with Gasteiger partial charge in [-0.2, -0.15) is 0 Å². The van der Waals surface area contributed by atoms with Gasteiger partial charge in [-0.1, -0.05) is 31.2 Å². The average Bonchev–Trinajstić information content (AvgIpc) is 2.54. The molecular formula is C18H22ClFN2O2. The van der Waals surface area contributed by atoms with Crippen LogP contribution in [0.15, 0.2) is 48.5 Å². The highest BCUT2D eigenvalue weighted by atomic mass is 35.5. The molecule has 0 heterocycles. The van der Waals surface area contributed by atoms with Gasteiger partial charge in [-0.25, -0.2) is 4.39 Å². The fourth-order valence-electron chi connectivity index (χ4n) is 2.09. The average molecular weight is 353 g/mol. The first-order chi connectivity index (χ1) is 11.1. The third-order valence-electron chi connectivity index (χ3n) is 3.32. The summed E-state index contributed by atoms with van der Waals surface area (Å²) in [6, 6.07) is 13.3. The van der Waals surface area contributed by atoms with Gasteiger partial charge in [0, 0.05) is 18.3 Å². The van der Waals surface area contributed by atoms with Gasteiger partial charge in [0.05, 0.1) is 0 Å². The van der Waals surface area contributed by atoms with Crippen LogP contribution in [0.3, 0.4) is 0 Å². The van der Waals surface area contributed by atoms with E-state index in [4.69, 9.17) is 4.74 Å². The Morgan fingerprint density at radius 3 is 2.67 bits per heavy atom. The number of rotatable bonds is 7. The van der Waals surface area contributed by atoms with Crippen molar-refractivity contribution >= 4 is 24.0 Å². The Labute approximate surface area is 147 Å². The molecule has 0 spiro atoms. The number of benzene rings is 2. The van der Waals surface area contributed by atoms with Gasteiger partial charge in [-0.3, -0.25) is 4.79 Å². The molecule has 0 fully saturated rings. The maximum atomic E-state index is 13.1. The first kappa shape index (κ1) is 19.9. The van der Waals surface area contributed by atoms with Crippen molar-refractivity contribution in [2.24, 2.45) is 0 Å². The summed E-state index contributed by atoms with van der Waals surface area (Å²) in [6.45, 7) is 5.18. The van der Waals surface area contributed by atoms with Crippen LogP contribution in [0.25, 0.3) is 0 Å². The smallest absolute Gasteiger partial charge is 0.265 e. The first-order valence-electron chi connectivity index (χ1n) is 7.62. The van der Waals surface area contributed by atoms with E-state index in [1.807, 2.05) is 31.2 Å². The Morgan fingerprint density at radius 2 is 1.96 bits per heavy atom. The van der Waals surface area contributed by atoms with Gasteiger partial charge in [-0.05, 0) is 37.2 Å². The molecule has 0 aromatic heterocycles. The highest BCUT2D eigenvalue weighted by molar-refractivity contribution is 5.94. The number of halogens is 2. The molecule has 0 bridgehead atoms. The predicted octanol–water partition coefficient (Wildman–Crippen LogP) is 3.76. The molecule has 0 aliphatic carbocycles. The molecule has 24 heavy (non-hydrogen) atoms. The van der Waals surface area contributed by atoms with E-state index in [1.165, 1.54) is 12.1 Å². The summed E-state index contributed by atoms with van der Waals surface area (Å²) in [6.07, 6.45) is -0.732. The van der Waals surface area contributed by atoms with Gasteiger partial charge in [-0.15, -0.1) is 12.4 Å². The Bertz CT molecular complexity index is 667. The van der Waals surface area contributed by atoms with Crippen molar-refractivity contribution in [1.29, 1.82) is 0 Å². The quantitative estimate of drug-likeness (QED) is 0.797. The van der Waals surface area contributed by atoms with Crippen LogP contribution in [-0.4, -0.2) is 18.6 Å². The largest absolute Gasteiger partial charge is 0.481 e. The van der Waals surface area contributed by atoms with Gasteiger partial charge >= 0.3 is 0 Å². The minimum Gasteiger partial charge on any atom is -0.481 e. The number of amides is 1. The molecule has 4 nitrogen and oxygen atoms in total. The van der Waals surface area contributed by atoms with E-state index in [0.29, 0.717) is 12.3 Å². The number of para-hydroxylation sites is 1. The monoisotopic (exact) mass is 352 g/mol. The van der Waals surface area contributed by atoms with Crippen molar-refractivity contribution in [1.82, 2.24) is 5.32 Å². The Balaban J connectivity index is 0.00000288. The summed E-state index contributed by atoms with van der Waals surface area (Å²) in [5.41, 5.74) is 1.74. The normalized spacial score (nSPS) is 11.3. The SMILES string of the molecule is CCNCc1ccccc1NC(=O)C(C)Oc1cccc(F)c1.Cl.